The number of benzene rings is 1. The second-order valence-electron chi connectivity index (χ2n) is 8.13. The normalized spacial score (nSPS) is 21.3. The van der Waals surface area contributed by atoms with Gasteiger partial charge >= 0.3 is 0 Å². The first-order valence-corrected chi connectivity index (χ1v) is 11.2. The number of ether oxygens (including phenoxy) is 1. The summed E-state index contributed by atoms with van der Waals surface area (Å²) in [4.78, 5) is 39.8. The molecule has 2 atom stereocenters. The number of likely N-dealkylation sites (tertiary alicyclic amines) is 1. The molecule has 0 bridgehead atoms. The molecule has 0 N–H and O–H groups in total. The van der Waals surface area contributed by atoms with Gasteiger partial charge in [-0.25, -0.2) is 9.97 Å². The van der Waals surface area contributed by atoms with Crippen molar-refractivity contribution in [2.24, 2.45) is 5.92 Å². The van der Waals surface area contributed by atoms with Gasteiger partial charge in [0.15, 0.2) is 5.82 Å². The van der Waals surface area contributed by atoms with Gasteiger partial charge in [0.25, 0.3) is 5.88 Å². The lowest BCUT2D eigenvalue weighted by Crippen LogP contribution is -2.47. The number of carbonyl (C=O) groups is 2. The molecule has 31 heavy (non-hydrogen) atoms. The quantitative estimate of drug-likeness (QED) is 0.644. The van der Waals surface area contributed by atoms with Crippen molar-refractivity contribution in [1.82, 2.24) is 14.9 Å². The third-order valence-corrected chi connectivity index (χ3v) is 6.13. The van der Waals surface area contributed by atoms with Crippen molar-refractivity contribution >= 4 is 39.2 Å². The topological polar surface area (TPSA) is 78.9 Å². The summed E-state index contributed by atoms with van der Waals surface area (Å²) in [6, 6.07) is 7.60. The van der Waals surface area contributed by atoms with E-state index < -0.39 is 0 Å². The zero-order chi connectivity index (χ0) is 22.0. The fraction of sp³-hybridized carbons (Fsp3) is 0.455. The average Bonchev–Trinajstić information content (AvgIpc) is 3.15. The Balaban J connectivity index is 1.41. The van der Waals surface area contributed by atoms with Crippen LogP contribution in [0.2, 0.25) is 0 Å². The van der Waals surface area contributed by atoms with Crippen LogP contribution in [0, 0.1) is 5.92 Å². The lowest BCUT2D eigenvalue weighted by Gasteiger charge is -2.34. The van der Waals surface area contributed by atoms with Crippen LogP contribution in [0.1, 0.15) is 19.3 Å². The lowest BCUT2D eigenvalue weighted by atomic mass is 10.0. The molecule has 9 heteroatoms. The van der Waals surface area contributed by atoms with Crippen molar-refractivity contribution in [1.29, 1.82) is 0 Å². The Morgan fingerprint density at radius 1 is 1.23 bits per heavy atom. The van der Waals surface area contributed by atoms with Crippen LogP contribution in [0.4, 0.5) is 11.5 Å². The van der Waals surface area contributed by atoms with Gasteiger partial charge in [-0.15, -0.1) is 0 Å². The van der Waals surface area contributed by atoms with E-state index in [1.165, 1.54) is 0 Å². The van der Waals surface area contributed by atoms with E-state index in [-0.39, 0.29) is 30.3 Å². The van der Waals surface area contributed by atoms with Crippen LogP contribution >= 0.6 is 15.9 Å². The van der Waals surface area contributed by atoms with Gasteiger partial charge in [0.05, 0.1) is 12.5 Å². The smallest absolute Gasteiger partial charge is 0.257 e. The number of hydrogen-bond acceptors (Lipinski definition) is 6. The first-order chi connectivity index (χ1) is 14.9. The van der Waals surface area contributed by atoms with E-state index in [1.54, 1.807) is 17.3 Å². The maximum atomic E-state index is 13.2. The molecule has 3 heterocycles. The summed E-state index contributed by atoms with van der Waals surface area (Å²) < 4.78 is 7.03. The van der Waals surface area contributed by atoms with E-state index in [2.05, 4.69) is 25.9 Å². The van der Waals surface area contributed by atoms with Crippen LogP contribution in [0.25, 0.3) is 0 Å². The molecule has 1 aromatic heterocycles. The van der Waals surface area contributed by atoms with Gasteiger partial charge in [0.1, 0.15) is 6.10 Å². The van der Waals surface area contributed by atoms with E-state index in [0.717, 1.165) is 23.0 Å². The highest BCUT2D eigenvalue weighted by atomic mass is 79.9. The first-order valence-electron chi connectivity index (χ1n) is 10.4. The molecule has 2 aliphatic heterocycles. The van der Waals surface area contributed by atoms with Crippen LogP contribution in [-0.4, -0.2) is 66.5 Å². The Bertz CT molecular complexity index is 970. The van der Waals surface area contributed by atoms with E-state index in [4.69, 9.17) is 4.74 Å². The zero-order valence-electron chi connectivity index (χ0n) is 17.7. The molecule has 0 radical (unpaired) electrons. The van der Waals surface area contributed by atoms with Gasteiger partial charge < -0.3 is 19.4 Å². The number of aromatic nitrogens is 2. The molecular weight excluding hydrogens is 462 g/mol. The predicted molar refractivity (Wildman–Crippen MR) is 121 cm³/mol. The molecule has 2 aliphatic rings. The van der Waals surface area contributed by atoms with Crippen LogP contribution in [0.5, 0.6) is 5.88 Å². The van der Waals surface area contributed by atoms with Crippen molar-refractivity contribution < 1.29 is 14.3 Å². The fourth-order valence-electron chi connectivity index (χ4n) is 4.12. The first kappa shape index (κ1) is 21.5. The SMILES string of the molecule is CN(C)c1nccnc1OC1CCCN(C(=O)C2CC(=O)N(c3cccc(Br)c3)C2)C1. The van der Waals surface area contributed by atoms with Crippen molar-refractivity contribution in [3.63, 3.8) is 0 Å². The van der Waals surface area contributed by atoms with Crippen molar-refractivity contribution in [2.45, 2.75) is 25.4 Å². The molecule has 2 fully saturated rings. The van der Waals surface area contributed by atoms with Gasteiger partial charge in [-0.05, 0) is 31.0 Å². The van der Waals surface area contributed by atoms with Gasteiger partial charge in [-0.1, -0.05) is 22.0 Å². The molecule has 2 saturated heterocycles. The van der Waals surface area contributed by atoms with E-state index in [1.807, 2.05) is 48.2 Å². The van der Waals surface area contributed by atoms with Gasteiger partial charge in [-0.2, -0.15) is 0 Å². The summed E-state index contributed by atoms with van der Waals surface area (Å²) in [7, 11) is 3.78. The largest absolute Gasteiger partial charge is 0.470 e. The minimum atomic E-state index is -0.334. The van der Waals surface area contributed by atoms with Crippen LogP contribution < -0.4 is 14.5 Å². The molecular formula is C22H26BrN5O3. The maximum absolute atomic E-state index is 13.2. The van der Waals surface area contributed by atoms with Crippen LogP contribution in [-0.2, 0) is 9.59 Å². The molecule has 2 unspecified atom stereocenters. The second-order valence-corrected chi connectivity index (χ2v) is 9.05. The van der Waals surface area contributed by atoms with Crippen LogP contribution in [0.15, 0.2) is 41.1 Å². The number of amides is 2. The highest BCUT2D eigenvalue weighted by molar-refractivity contribution is 9.10. The number of hydrogen-bond donors (Lipinski definition) is 0. The fourth-order valence-corrected chi connectivity index (χ4v) is 4.51. The summed E-state index contributed by atoms with van der Waals surface area (Å²) in [6.45, 7) is 1.58. The van der Waals surface area contributed by atoms with Crippen molar-refractivity contribution in [2.75, 3.05) is 43.5 Å². The van der Waals surface area contributed by atoms with Gasteiger partial charge in [0, 0.05) is 56.2 Å². The molecule has 8 nitrogen and oxygen atoms in total. The number of carbonyl (C=O) groups excluding carboxylic acids is 2. The van der Waals surface area contributed by atoms with Crippen molar-refractivity contribution in [3.05, 3.63) is 41.1 Å². The molecule has 0 aliphatic carbocycles. The zero-order valence-corrected chi connectivity index (χ0v) is 19.3. The monoisotopic (exact) mass is 487 g/mol. The molecule has 0 saturated carbocycles. The minimum absolute atomic E-state index is 0.0172. The highest BCUT2D eigenvalue weighted by Gasteiger charge is 2.38. The number of halogens is 1. The van der Waals surface area contributed by atoms with E-state index in [9.17, 15) is 9.59 Å². The number of piperidine rings is 1. The third kappa shape index (κ3) is 4.81. The Labute approximate surface area is 190 Å². The third-order valence-electron chi connectivity index (χ3n) is 5.63. The summed E-state index contributed by atoms with van der Waals surface area (Å²) >= 11 is 3.44. The summed E-state index contributed by atoms with van der Waals surface area (Å²) in [6.07, 6.45) is 5.03. The Morgan fingerprint density at radius 3 is 2.81 bits per heavy atom. The second kappa shape index (κ2) is 9.21. The minimum Gasteiger partial charge on any atom is -0.470 e. The van der Waals surface area contributed by atoms with E-state index >= 15 is 0 Å². The average molecular weight is 488 g/mol. The molecule has 164 valence electrons. The lowest BCUT2D eigenvalue weighted by molar-refractivity contribution is -0.138. The maximum Gasteiger partial charge on any atom is 0.257 e. The molecule has 1 aromatic carbocycles. The van der Waals surface area contributed by atoms with Gasteiger partial charge in [0.2, 0.25) is 11.8 Å². The number of nitrogens with zero attached hydrogens (tertiary/aromatic N) is 5. The summed E-state index contributed by atoms with van der Waals surface area (Å²) in [5.74, 6) is 0.808. The summed E-state index contributed by atoms with van der Waals surface area (Å²) in [5, 5.41) is 0. The van der Waals surface area contributed by atoms with Crippen LogP contribution in [0.3, 0.4) is 0 Å². The van der Waals surface area contributed by atoms with E-state index in [0.29, 0.717) is 31.3 Å². The molecule has 2 amide bonds. The Hall–Kier alpha value is -2.68. The number of anilines is 2. The predicted octanol–water partition coefficient (Wildman–Crippen LogP) is 2.73. The molecule has 4 rings (SSSR count). The summed E-state index contributed by atoms with van der Waals surface area (Å²) in [5.41, 5.74) is 0.813. The highest BCUT2D eigenvalue weighted by Crippen LogP contribution is 2.30. The molecule has 0 spiro atoms. The molecule has 2 aromatic rings. The standard InChI is InChI=1S/C22H26BrN5O3/c1-26(2)20-21(25-9-8-24-20)31-18-7-4-10-27(14-18)22(30)15-11-19(29)28(13-15)17-6-3-5-16(23)12-17/h3,5-6,8-9,12,15,18H,4,7,10-11,13-14H2,1-2H3. The Kier molecular flexibility index (Phi) is 6.41. The van der Waals surface area contributed by atoms with Gasteiger partial charge in [-0.3, -0.25) is 9.59 Å². The Morgan fingerprint density at radius 2 is 2.03 bits per heavy atom. The van der Waals surface area contributed by atoms with Crippen molar-refractivity contribution in [3.8, 4) is 5.88 Å². The number of rotatable bonds is 5.